The fourth-order valence-corrected chi connectivity index (χ4v) is 3.28. The standard InChI is InChI=1S/C22H34N2O.CH4O/c1-6-8-17(4)19-9-11-20(12-10-19)22(16(3)7-2)24-25-18(5)21-13-14-23-15-21;1-2/h8-12,16,21-24H,5-7,13-15H2,1-4H3;2H,1H3/b17-8+;. The fourth-order valence-electron chi connectivity index (χ4n) is 3.28. The van der Waals surface area contributed by atoms with E-state index in [-0.39, 0.29) is 6.04 Å². The maximum Gasteiger partial charge on any atom is 0.121 e. The summed E-state index contributed by atoms with van der Waals surface area (Å²) in [5.41, 5.74) is 7.18. The molecule has 4 heteroatoms. The number of hydroxylamine groups is 1. The number of benzene rings is 1. The molecule has 3 atom stereocenters. The molecule has 1 fully saturated rings. The topological polar surface area (TPSA) is 53.5 Å². The first-order valence-corrected chi connectivity index (χ1v) is 10.1. The summed E-state index contributed by atoms with van der Waals surface area (Å²) in [6.45, 7) is 15.0. The van der Waals surface area contributed by atoms with Gasteiger partial charge in [-0.3, -0.25) is 0 Å². The van der Waals surface area contributed by atoms with E-state index in [2.05, 4.69) is 75.4 Å². The van der Waals surface area contributed by atoms with Crippen LogP contribution in [0.2, 0.25) is 0 Å². The molecule has 0 aliphatic carbocycles. The molecule has 0 aromatic heterocycles. The zero-order chi connectivity index (χ0) is 20.2. The monoisotopic (exact) mass is 374 g/mol. The Labute approximate surface area is 165 Å². The molecule has 0 saturated carbocycles. The van der Waals surface area contributed by atoms with Crippen LogP contribution in [-0.2, 0) is 4.84 Å². The minimum atomic E-state index is 0.167. The van der Waals surface area contributed by atoms with Gasteiger partial charge in [0.05, 0.1) is 6.04 Å². The predicted octanol–water partition coefficient (Wildman–Crippen LogP) is 4.84. The van der Waals surface area contributed by atoms with E-state index in [1.807, 2.05) is 0 Å². The Morgan fingerprint density at radius 1 is 1.33 bits per heavy atom. The summed E-state index contributed by atoms with van der Waals surface area (Å²) in [5, 5.41) is 10.4. The van der Waals surface area contributed by atoms with Gasteiger partial charge < -0.3 is 15.3 Å². The van der Waals surface area contributed by atoms with Crippen molar-refractivity contribution in [3.05, 3.63) is 53.8 Å². The highest BCUT2D eigenvalue weighted by Gasteiger charge is 2.23. The molecule has 27 heavy (non-hydrogen) atoms. The van der Waals surface area contributed by atoms with Crippen molar-refractivity contribution in [2.45, 2.75) is 53.0 Å². The smallest absolute Gasteiger partial charge is 0.121 e. The summed E-state index contributed by atoms with van der Waals surface area (Å²) in [6, 6.07) is 9.03. The van der Waals surface area contributed by atoms with Gasteiger partial charge in [-0.2, -0.15) is 0 Å². The Morgan fingerprint density at radius 3 is 2.52 bits per heavy atom. The summed E-state index contributed by atoms with van der Waals surface area (Å²) < 4.78 is 0. The molecule has 0 amide bonds. The molecular formula is C23H38N2O2. The van der Waals surface area contributed by atoms with Crippen LogP contribution >= 0.6 is 0 Å². The van der Waals surface area contributed by atoms with Crippen molar-refractivity contribution in [3.8, 4) is 0 Å². The second kappa shape index (κ2) is 12.7. The van der Waals surface area contributed by atoms with Crippen LogP contribution in [0, 0.1) is 11.8 Å². The molecular weight excluding hydrogens is 336 g/mol. The van der Waals surface area contributed by atoms with Gasteiger partial charge in [-0.25, -0.2) is 0 Å². The van der Waals surface area contributed by atoms with Crippen molar-refractivity contribution in [2.75, 3.05) is 20.2 Å². The summed E-state index contributed by atoms with van der Waals surface area (Å²) >= 11 is 0. The lowest BCUT2D eigenvalue weighted by Crippen LogP contribution is -2.28. The van der Waals surface area contributed by atoms with E-state index >= 15 is 0 Å². The molecule has 152 valence electrons. The number of allylic oxidation sites excluding steroid dienone is 2. The Morgan fingerprint density at radius 2 is 2.00 bits per heavy atom. The molecule has 3 N–H and O–H groups in total. The van der Waals surface area contributed by atoms with Crippen molar-refractivity contribution >= 4 is 5.57 Å². The molecule has 0 radical (unpaired) electrons. The highest BCUT2D eigenvalue weighted by molar-refractivity contribution is 5.63. The molecule has 1 aromatic carbocycles. The molecule has 1 saturated heterocycles. The summed E-state index contributed by atoms with van der Waals surface area (Å²) in [7, 11) is 1.00. The molecule has 4 nitrogen and oxygen atoms in total. The SMILES string of the molecule is C=C(ONC(c1ccc(/C(C)=C/CC)cc1)C(C)CC)C1CCNC1.CO. The van der Waals surface area contributed by atoms with Gasteiger partial charge in [0.2, 0.25) is 0 Å². The third-order valence-electron chi connectivity index (χ3n) is 5.28. The minimum Gasteiger partial charge on any atom is -0.413 e. The average Bonchev–Trinajstić information content (AvgIpc) is 3.25. The largest absolute Gasteiger partial charge is 0.413 e. The van der Waals surface area contributed by atoms with E-state index in [1.165, 1.54) is 16.7 Å². The van der Waals surface area contributed by atoms with E-state index < -0.39 is 0 Å². The first-order chi connectivity index (χ1) is 13.1. The van der Waals surface area contributed by atoms with Crippen LogP contribution in [0.25, 0.3) is 5.57 Å². The number of nitrogens with one attached hydrogen (secondary N) is 2. The van der Waals surface area contributed by atoms with E-state index in [0.29, 0.717) is 11.8 Å². The Kier molecular flexibility index (Phi) is 11.0. The number of aliphatic hydroxyl groups excluding tert-OH is 1. The first-order valence-electron chi connectivity index (χ1n) is 10.1. The zero-order valence-electron chi connectivity index (χ0n) is 17.7. The number of hydrogen-bond donors (Lipinski definition) is 3. The van der Waals surface area contributed by atoms with Gasteiger partial charge in [-0.05, 0) is 48.9 Å². The van der Waals surface area contributed by atoms with E-state index in [9.17, 15) is 0 Å². The average molecular weight is 375 g/mol. The summed E-state index contributed by atoms with van der Waals surface area (Å²) in [5.74, 6) is 1.73. The lowest BCUT2D eigenvalue weighted by Gasteiger charge is -2.26. The number of rotatable bonds is 9. The Bertz CT molecular complexity index is 575. The van der Waals surface area contributed by atoms with Crippen molar-refractivity contribution in [1.29, 1.82) is 0 Å². The lowest BCUT2D eigenvalue weighted by molar-refractivity contribution is 0.0397. The Hall–Kier alpha value is -1.62. The predicted molar refractivity (Wildman–Crippen MR) is 115 cm³/mol. The fraction of sp³-hybridized carbons (Fsp3) is 0.565. The van der Waals surface area contributed by atoms with Crippen LogP contribution in [0.4, 0.5) is 0 Å². The van der Waals surface area contributed by atoms with Crippen molar-refractivity contribution < 1.29 is 9.94 Å². The number of hydrogen-bond acceptors (Lipinski definition) is 4. The Balaban J connectivity index is 0.00000176. The van der Waals surface area contributed by atoms with Crippen molar-refractivity contribution in [3.63, 3.8) is 0 Å². The van der Waals surface area contributed by atoms with E-state index in [4.69, 9.17) is 9.94 Å². The van der Waals surface area contributed by atoms with Gasteiger partial charge in [0.15, 0.2) is 0 Å². The van der Waals surface area contributed by atoms with Gasteiger partial charge in [-0.15, -0.1) is 5.48 Å². The van der Waals surface area contributed by atoms with Gasteiger partial charge in [0, 0.05) is 19.6 Å². The van der Waals surface area contributed by atoms with E-state index in [1.54, 1.807) is 0 Å². The van der Waals surface area contributed by atoms with Crippen molar-refractivity contribution in [1.82, 2.24) is 10.8 Å². The highest BCUT2D eigenvalue weighted by Crippen LogP contribution is 2.27. The molecule has 2 rings (SSSR count). The summed E-state index contributed by atoms with van der Waals surface area (Å²) in [6.07, 6.45) is 5.53. The maximum absolute atomic E-state index is 7.00. The normalized spacial score (nSPS) is 19.0. The minimum absolute atomic E-state index is 0.167. The highest BCUT2D eigenvalue weighted by atomic mass is 16.6. The third kappa shape index (κ3) is 7.13. The van der Waals surface area contributed by atoms with Crippen LogP contribution in [0.3, 0.4) is 0 Å². The molecule has 1 heterocycles. The maximum atomic E-state index is 7.00. The van der Waals surface area contributed by atoms with Gasteiger partial charge in [0.1, 0.15) is 5.76 Å². The second-order valence-corrected chi connectivity index (χ2v) is 7.16. The molecule has 1 aromatic rings. The quantitative estimate of drug-likeness (QED) is 0.428. The first kappa shape index (κ1) is 23.4. The molecule has 0 spiro atoms. The van der Waals surface area contributed by atoms with E-state index in [0.717, 1.165) is 45.2 Å². The van der Waals surface area contributed by atoms with Gasteiger partial charge in [0.25, 0.3) is 0 Å². The number of aliphatic hydroxyl groups is 1. The van der Waals surface area contributed by atoms with Crippen LogP contribution in [0.5, 0.6) is 0 Å². The molecule has 0 bridgehead atoms. The second-order valence-electron chi connectivity index (χ2n) is 7.16. The summed E-state index contributed by atoms with van der Waals surface area (Å²) in [4.78, 5) is 5.89. The lowest BCUT2D eigenvalue weighted by atomic mass is 9.92. The van der Waals surface area contributed by atoms with Crippen molar-refractivity contribution in [2.24, 2.45) is 11.8 Å². The van der Waals surface area contributed by atoms with Crippen LogP contribution < -0.4 is 10.8 Å². The third-order valence-corrected chi connectivity index (χ3v) is 5.28. The molecule has 3 unspecified atom stereocenters. The van der Waals surface area contributed by atoms with Gasteiger partial charge >= 0.3 is 0 Å². The van der Waals surface area contributed by atoms with Crippen LogP contribution in [0.15, 0.2) is 42.7 Å². The molecule has 1 aliphatic heterocycles. The van der Waals surface area contributed by atoms with Crippen LogP contribution in [-0.4, -0.2) is 25.3 Å². The molecule has 1 aliphatic rings. The zero-order valence-corrected chi connectivity index (χ0v) is 17.7. The van der Waals surface area contributed by atoms with Gasteiger partial charge in [-0.1, -0.05) is 64.1 Å². The van der Waals surface area contributed by atoms with Crippen LogP contribution in [0.1, 0.15) is 64.1 Å².